The van der Waals surface area contributed by atoms with Gasteiger partial charge in [-0.15, -0.1) is 25.3 Å². The van der Waals surface area contributed by atoms with E-state index in [0.717, 1.165) is 9.79 Å². The van der Waals surface area contributed by atoms with Crippen molar-refractivity contribution in [1.82, 2.24) is 0 Å². The van der Waals surface area contributed by atoms with E-state index in [1.807, 2.05) is 12.1 Å². The van der Waals surface area contributed by atoms with Crippen molar-refractivity contribution in [3.8, 4) is 0 Å². The molecule has 3 aromatic rings. The molecule has 0 saturated heterocycles. The van der Waals surface area contributed by atoms with E-state index in [0.29, 0.717) is 0 Å². The maximum Gasteiger partial charge on any atom is 0.00523 e. The van der Waals surface area contributed by atoms with E-state index in [2.05, 4.69) is 61.7 Å². The van der Waals surface area contributed by atoms with E-state index >= 15 is 0 Å². The highest BCUT2D eigenvalue weighted by Crippen LogP contribution is 2.27. The lowest BCUT2D eigenvalue weighted by atomic mass is 10.1. The van der Waals surface area contributed by atoms with Crippen molar-refractivity contribution >= 4 is 46.8 Å². The summed E-state index contributed by atoms with van der Waals surface area (Å²) in [5.74, 6) is 0. The highest BCUT2D eigenvalue weighted by atomic mass is 32.1. The largest absolute Gasteiger partial charge is 0.143 e. The van der Waals surface area contributed by atoms with Gasteiger partial charge in [-0.05, 0) is 57.9 Å². The zero-order valence-corrected chi connectivity index (χ0v) is 10.3. The van der Waals surface area contributed by atoms with Gasteiger partial charge < -0.3 is 0 Å². The summed E-state index contributed by atoms with van der Waals surface area (Å²) in [5.41, 5.74) is 0. The van der Waals surface area contributed by atoms with Crippen LogP contribution >= 0.6 is 25.3 Å². The third-order valence-corrected chi connectivity index (χ3v) is 3.32. The first kappa shape index (κ1) is 10.1. The molecule has 78 valence electrons. The van der Waals surface area contributed by atoms with Gasteiger partial charge in [0, 0.05) is 9.79 Å². The Morgan fingerprint density at radius 3 is 1.50 bits per heavy atom. The van der Waals surface area contributed by atoms with Gasteiger partial charge in [0.2, 0.25) is 0 Å². The first-order valence-corrected chi connectivity index (χ1v) is 5.97. The second kappa shape index (κ2) is 3.72. The predicted octanol–water partition coefficient (Wildman–Crippen LogP) is 4.57. The summed E-state index contributed by atoms with van der Waals surface area (Å²) in [4.78, 5) is 2.00. The lowest BCUT2D eigenvalue weighted by molar-refractivity contribution is 1.55. The topological polar surface area (TPSA) is 0 Å². The van der Waals surface area contributed by atoms with Crippen LogP contribution in [0.5, 0.6) is 0 Å². The van der Waals surface area contributed by atoms with Gasteiger partial charge in [-0.2, -0.15) is 0 Å². The zero-order chi connectivity index (χ0) is 11.1. The van der Waals surface area contributed by atoms with Crippen LogP contribution in [0.3, 0.4) is 0 Å². The predicted molar refractivity (Wildman–Crippen MR) is 76.0 cm³/mol. The number of benzene rings is 1. The molecule has 0 aromatic heterocycles. The summed E-state index contributed by atoms with van der Waals surface area (Å²) >= 11 is 8.72. The molecule has 0 unspecified atom stereocenters. The third-order valence-electron chi connectivity index (χ3n) is 2.76. The van der Waals surface area contributed by atoms with Crippen LogP contribution in [0, 0.1) is 0 Å². The lowest BCUT2D eigenvalue weighted by Gasteiger charge is -1.93. The Kier molecular flexibility index (Phi) is 2.34. The van der Waals surface area contributed by atoms with Gasteiger partial charge in [-0.1, -0.05) is 12.1 Å². The van der Waals surface area contributed by atoms with Crippen molar-refractivity contribution in [3.05, 3.63) is 48.5 Å². The summed E-state index contributed by atoms with van der Waals surface area (Å²) in [6.07, 6.45) is 0. The number of hydrogen-bond donors (Lipinski definition) is 2. The minimum absolute atomic E-state index is 0.978. The Labute approximate surface area is 105 Å². The molecule has 0 atom stereocenters. The second-order valence-electron chi connectivity index (χ2n) is 3.92. The molecule has 0 bridgehead atoms. The van der Waals surface area contributed by atoms with Crippen LogP contribution in [-0.2, 0) is 0 Å². The van der Waals surface area contributed by atoms with E-state index in [4.69, 9.17) is 0 Å². The Bertz CT molecular complexity index is 630. The third kappa shape index (κ3) is 1.68. The number of fused-ring (bicyclic) bond motifs is 2. The fraction of sp³-hybridized carbons (Fsp3) is 0. The molecule has 0 amide bonds. The molecule has 2 heteroatoms. The molecule has 0 nitrogen and oxygen atoms in total. The van der Waals surface area contributed by atoms with E-state index < -0.39 is 0 Å². The van der Waals surface area contributed by atoms with Crippen LogP contribution in [0.25, 0.3) is 21.5 Å². The van der Waals surface area contributed by atoms with Crippen molar-refractivity contribution in [2.75, 3.05) is 0 Å². The van der Waals surface area contributed by atoms with E-state index in [1.54, 1.807) is 0 Å². The summed E-state index contributed by atoms with van der Waals surface area (Å²) in [6, 6.07) is 16.8. The Morgan fingerprint density at radius 1 is 0.500 bits per heavy atom. The molecule has 0 heterocycles. The summed E-state index contributed by atoms with van der Waals surface area (Å²) < 4.78 is 0. The van der Waals surface area contributed by atoms with Crippen LogP contribution in [0.1, 0.15) is 0 Å². The number of thiol groups is 2. The highest BCUT2D eigenvalue weighted by Gasteiger charge is 1.99. The van der Waals surface area contributed by atoms with Gasteiger partial charge in [0.05, 0.1) is 0 Å². The molecule has 0 N–H and O–H groups in total. The average molecular weight is 242 g/mol. The van der Waals surface area contributed by atoms with Gasteiger partial charge in [0.15, 0.2) is 0 Å². The Balaban J connectivity index is 2.46. The maximum absolute atomic E-state index is 4.37. The van der Waals surface area contributed by atoms with E-state index in [1.165, 1.54) is 21.5 Å². The molecule has 0 aliphatic rings. The molecule has 16 heavy (non-hydrogen) atoms. The minimum atomic E-state index is 0.978. The van der Waals surface area contributed by atoms with Crippen molar-refractivity contribution in [2.45, 2.75) is 9.79 Å². The highest BCUT2D eigenvalue weighted by molar-refractivity contribution is 7.80. The van der Waals surface area contributed by atoms with E-state index in [-0.39, 0.29) is 0 Å². The first-order valence-electron chi connectivity index (χ1n) is 5.08. The summed E-state index contributed by atoms with van der Waals surface area (Å²) in [6.45, 7) is 0. The van der Waals surface area contributed by atoms with Crippen LogP contribution in [-0.4, -0.2) is 0 Å². The standard InChI is InChI=1S/C14H10S2/c15-13-3-1-9-5-11-7-14(16)8-12(11)6-10(9)2-4-13/h1-8,15-16H. The van der Waals surface area contributed by atoms with Crippen LogP contribution in [0.2, 0.25) is 0 Å². The van der Waals surface area contributed by atoms with Crippen molar-refractivity contribution in [2.24, 2.45) is 0 Å². The smallest absolute Gasteiger partial charge is 0.00523 e. The fourth-order valence-electron chi connectivity index (χ4n) is 1.97. The van der Waals surface area contributed by atoms with Gasteiger partial charge in [0.25, 0.3) is 0 Å². The molecule has 0 saturated carbocycles. The second-order valence-corrected chi connectivity index (χ2v) is 4.95. The fourth-order valence-corrected chi connectivity index (χ4v) is 2.40. The average Bonchev–Trinajstić information content (AvgIpc) is 2.51. The Hall–Kier alpha value is -1.12. The van der Waals surface area contributed by atoms with E-state index in [9.17, 15) is 0 Å². The van der Waals surface area contributed by atoms with Crippen molar-refractivity contribution < 1.29 is 0 Å². The zero-order valence-electron chi connectivity index (χ0n) is 8.51. The van der Waals surface area contributed by atoms with Crippen molar-refractivity contribution in [3.63, 3.8) is 0 Å². The quantitative estimate of drug-likeness (QED) is 0.530. The molecular weight excluding hydrogens is 232 g/mol. The molecule has 0 aliphatic carbocycles. The van der Waals surface area contributed by atoms with Crippen LogP contribution in [0.4, 0.5) is 0 Å². The lowest BCUT2D eigenvalue weighted by Crippen LogP contribution is -1.66. The number of rotatable bonds is 0. The first-order chi connectivity index (χ1) is 7.72. The summed E-state index contributed by atoms with van der Waals surface area (Å²) in [7, 11) is 0. The van der Waals surface area contributed by atoms with Crippen LogP contribution in [0.15, 0.2) is 58.3 Å². The normalized spacial score (nSPS) is 11.1. The molecule has 3 aromatic carbocycles. The molecule has 0 fully saturated rings. The maximum atomic E-state index is 4.37. The molecule has 0 radical (unpaired) electrons. The SMILES string of the molecule is Sc1ccc2cc3cc(S)cc3cc2cc1. The molecule has 0 aliphatic heterocycles. The molecule has 0 spiro atoms. The van der Waals surface area contributed by atoms with Crippen LogP contribution < -0.4 is 0 Å². The Morgan fingerprint density at radius 2 is 1.00 bits per heavy atom. The van der Waals surface area contributed by atoms with Gasteiger partial charge in [0.1, 0.15) is 0 Å². The molecule has 3 rings (SSSR count). The molecular formula is C14H10S2. The van der Waals surface area contributed by atoms with Gasteiger partial charge >= 0.3 is 0 Å². The monoisotopic (exact) mass is 242 g/mol. The van der Waals surface area contributed by atoms with Gasteiger partial charge in [-0.3, -0.25) is 0 Å². The van der Waals surface area contributed by atoms with Gasteiger partial charge in [-0.25, -0.2) is 0 Å². The van der Waals surface area contributed by atoms with Crippen molar-refractivity contribution in [1.29, 1.82) is 0 Å². The number of hydrogen-bond acceptors (Lipinski definition) is 2. The minimum Gasteiger partial charge on any atom is -0.143 e. The summed E-state index contributed by atoms with van der Waals surface area (Å²) in [5, 5.41) is 4.94.